The predicted molar refractivity (Wildman–Crippen MR) is 76.3 cm³/mol. The second-order valence-corrected chi connectivity index (χ2v) is 4.68. The first-order chi connectivity index (χ1) is 9.51. The van der Waals surface area contributed by atoms with E-state index in [-0.39, 0.29) is 28.7 Å². The van der Waals surface area contributed by atoms with Crippen LogP contribution in [0, 0.1) is 0 Å². The van der Waals surface area contributed by atoms with Crippen molar-refractivity contribution in [3.8, 4) is 0 Å². The number of hydrogen-bond donors (Lipinski definition) is 0. The van der Waals surface area contributed by atoms with Crippen molar-refractivity contribution < 1.29 is 19.1 Å². The highest BCUT2D eigenvalue weighted by molar-refractivity contribution is 6.43. The number of benzene rings is 1. The van der Waals surface area contributed by atoms with Crippen LogP contribution < -0.4 is 0 Å². The van der Waals surface area contributed by atoms with Crippen LogP contribution in [0.2, 0.25) is 10.0 Å². The molecule has 1 amide bonds. The van der Waals surface area contributed by atoms with Crippen LogP contribution in [-0.4, -0.2) is 50.7 Å². The van der Waals surface area contributed by atoms with Crippen molar-refractivity contribution in [3.63, 3.8) is 0 Å². The molecule has 0 heterocycles. The molecular formula is C13H15Cl2NO4. The summed E-state index contributed by atoms with van der Waals surface area (Å²) in [7, 11) is 2.76. The van der Waals surface area contributed by atoms with Crippen LogP contribution in [0.5, 0.6) is 0 Å². The van der Waals surface area contributed by atoms with Crippen LogP contribution in [0.15, 0.2) is 18.2 Å². The standard InChI is InChI=1S/C13H15Cl2NO4/c1-19-7-6-16(8-11(17)20-2)13(18)9-4-3-5-10(14)12(9)15/h3-5H,6-8H2,1-2H3. The number of hydrogen-bond acceptors (Lipinski definition) is 4. The Morgan fingerprint density at radius 2 is 1.95 bits per heavy atom. The molecule has 0 aliphatic heterocycles. The summed E-state index contributed by atoms with van der Waals surface area (Å²) in [6.45, 7) is 0.357. The SMILES string of the molecule is COCCN(CC(=O)OC)C(=O)c1cccc(Cl)c1Cl. The van der Waals surface area contributed by atoms with Gasteiger partial charge in [-0.15, -0.1) is 0 Å². The quantitative estimate of drug-likeness (QED) is 0.755. The minimum atomic E-state index is -0.521. The summed E-state index contributed by atoms with van der Waals surface area (Å²) in [6.07, 6.45) is 0. The molecule has 0 unspecified atom stereocenters. The van der Waals surface area contributed by atoms with Crippen molar-refractivity contribution in [2.75, 3.05) is 33.9 Å². The van der Waals surface area contributed by atoms with Crippen LogP contribution in [-0.2, 0) is 14.3 Å². The van der Waals surface area contributed by atoms with Crippen molar-refractivity contribution >= 4 is 35.1 Å². The van der Waals surface area contributed by atoms with Crippen LogP contribution in [0.3, 0.4) is 0 Å². The van der Waals surface area contributed by atoms with E-state index in [4.69, 9.17) is 27.9 Å². The Labute approximate surface area is 127 Å². The van der Waals surface area contributed by atoms with Crippen LogP contribution in [0.1, 0.15) is 10.4 Å². The fourth-order valence-electron chi connectivity index (χ4n) is 1.51. The normalized spacial score (nSPS) is 10.2. The van der Waals surface area contributed by atoms with Gasteiger partial charge in [-0.25, -0.2) is 0 Å². The Bertz CT molecular complexity index is 493. The van der Waals surface area contributed by atoms with E-state index in [0.29, 0.717) is 6.61 Å². The zero-order valence-electron chi connectivity index (χ0n) is 11.2. The Morgan fingerprint density at radius 3 is 2.55 bits per heavy atom. The number of carbonyl (C=O) groups is 2. The third-order valence-electron chi connectivity index (χ3n) is 2.58. The highest BCUT2D eigenvalue weighted by Gasteiger charge is 2.21. The van der Waals surface area contributed by atoms with E-state index >= 15 is 0 Å². The molecule has 0 atom stereocenters. The average Bonchev–Trinajstić information content (AvgIpc) is 2.45. The van der Waals surface area contributed by atoms with Crippen LogP contribution in [0.4, 0.5) is 0 Å². The summed E-state index contributed by atoms with van der Waals surface area (Å²) in [5, 5.41) is 0.439. The number of nitrogens with zero attached hydrogens (tertiary/aromatic N) is 1. The zero-order chi connectivity index (χ0) is 15.1. The minimum absolute atomic E-state index is 0.159. The molecule has 5 nitrogen and oxygen atoms in total. The Morgan fingerprint density at radius 1 is 1.25 bits per heavy atom. The maximum absolute atomic E-state index is 12.4. The molecule has 0 saturated heterocycles. The van der Waals surface area contributed by atoms with Crippen molar-refractivity contribution in [3.05, 3.63) is 33.8 Å². The fraction of sp³-hybridized carbons (Fsp3) is 0.385. The van der Waals surface area contributed by atoms with Gasteiger partial charge in [-0.2, -0.15) is 0 Å². The van der Waals surface area contributed by atoms with E-state index in [9.17, 15) is 9.59 Å². The van der Waals surface area contributed by atoms with Gasteiger partial charge < -0.3 is 14.4 Å². The molecule has 0 fully saturated rings. The van der Waals surface area contributed by atoms with E-state index in [1.165, 1.54) is 19.1 Å². The minimum Gasteiger partial charge on any atom is -0.468 e. The van der Waals surface area contributed by atoms with Gasteiger partial charge >= 0.3 is 5.97 Å². The number of ether oxygens (including phenoxy) is 2. The van der Waals surface area contributed by atoms with Gasteiger partial charge in [0.1, 0.15) is 6.54 Å². The van der Waals surface area contributed by atoms with Crippen molar-refractivity contribution in [1.82, 2.24) is 4.90 Å². The molecule has 1 aromatic rings. The van der Waals surface area contributed by atoms with E-state index in [2.05, 4.69) is 4.74 Å². The zero-order valence-corrected chi connectivity index (χ0v) is 12.7. The highest BCUT2D eigenvalue weighted by atomic mass is 35.5. The first-order valence-electron chi connectivity index (χ1n) is 5.80. The molecule has 0 N–H and O–H groups in total. The van der Waals surface area contributed by atoms with Gasteiger partial charge in [0.2, 0.25) is 0 Å². The van der Waals surface area contributed by atoms with E-state index in [0.717, 1.165) is 0 Å². The molecule has 0 aliphatic carbocycles. The lowest BCUT2D eigenvalue weighted by molar-refractivity contribution is -0.141. The van der Waals surface area contributed by atoms with Gasteiger partial charge in [-0.05, 0) is 12.1 Å². The molecule has 110 valence electrons. The second-order valence-electron chi connectivity index (χ2n) is 3.90. The third-order valence-corrected chi connectivity index (χ3v) is 3.40. The lowest BCUT2D eigenvalue weighted by atomic mass is 10.2. The van der Waals surface area contributed by atoms with Gasteiger partial charge in [0, 0.05) is 13.7 Å². The van der Waals surface area contributed by atoms with Gasteiger partial charge in [0.15, 0.2) is 0 Å². The maximum atomic E-state index is 12.4. The summed E-state index contributed by atoms with van der Waals surface area (Å²) < 4.78 is 9.49. The first-order valence-corrected chi connectivity index (χ1v) is 6.56. The number of amides is 1. The van der Waals surface area contributed by atoms with Crippen molar-refractivity contribution in [2.24, 2.45) is 0 Å². The number of esters is 1. The van der Waals surface area contributed by atoms with Crippen LogP contribution in [0.25, 0.3) is 0 Å². The van der Waals surface area contributed by atoms with Crippen molar-refractivity contribution in [2.45, 2.75) is 0 Å². The monoisotopic (exact) mass is 319 g/mol. The number of halogens is 2. The second kappa shape index (κ2) is 8.09. The molecule has 0 saturated carbocycles. The number of rotatable bonds is 6. The molecule has 1 rings (SSSR count). The number of methoxy groups -OCH3 is 2. The Hall–Kier alpha value is -1.30. The molecule has 0 aliphatic rings. The summed E-state index contributed by atoms with van der Waals surface area (Å²) >= 11 is 11.9. The Balaban J connectivity index is 2.96. The van der Waals surface area contributed by atoms with Gasteiger partial charge in [-0.1, -0.05) is 29.3 Å². The Kier molecular flexibility index (Phi) is 6.78. The lowest BCUT2D eigenvalue weighted by Gasteiger charge is -2.21. The van der Waals surface area contributed by atoms with E-state index in [1.807, 2.05) is 0 Å². The van der Waals surface area contributed by atoms with Gasteiger partial charge in [0.25, 0.3) is 5.91 Å². The van der Waals surface area contributed by atoms with E-state index < -0.39 is 11.9 Å². The largest absolute Gasteiger partial charge is 0.468 e. The summed E-state index contributed by atoms with van der Waals surface area (Å²) in [5.74, 6) is -0.924. The lowest BCUT2D eigenvalue weighted by Crippen LogP contribution is -2.38. The predicted octanol–water partition coefficient (Wildman–Crippen LogP) is 2.25. The molecule has 20 heavy (non-hydrogen) atoms. The fourth-order valence-corrected chi connectivity index (χ4v) is 1.89. The molecule has 0 radical (unpaired) electrons. The van der Waals surface area contributed by atoms with Gasteiger partial charge in [-0.3, -0.25) is 9.59 Å². The molecule has 1 aromatic carbocycles. The first kappa shape index (κ1) is 16.8. The molecule has 7 heteroatoms. The average molecular weight is 320 g/mol. The summed E-state index contributed by atoms with van der Waals surface area (Å²) in [6, 6.07) is 4.75. The van der Waals surface area contributed by atoms with Crippen LogP contribution >= 0.6 is 23.2 Å². The summed E-state index contributed by atoms with van der Waals surface area (Å²) in [5.41, 5.74) is 0.235. The molecule has 0 aromatic heterocycles. The third kappa shape index (κ3) is 4.37. The highest BCUT2D eigenvalue weighted by Crippen LogP contribution is 2.26. The smallest absolute Gasteiger partial charge is 0.325 e. The van der Waals surface area contributed by atoms with E-state index in [1.54, 1.807) is 18.2 Å². The topological polar surface area (TPSA) is 55.8 Å². The molecule has 0 spiro atoms. The van der Waals surface area contributed by atoms with Crippen molar-refractivity contribution in [1.29, 1.82) is 0 Å². The molecule has 0 bridgehead atoms. The maximum Gasteiger partial charge on any atom is 0.325 e. The van der Waals surface area contributed by atoms with Gasteiger partial charge in [0.05, 0.1) is 29.3 Å². The molecular weight excluding hydrogens is 305 g/mol. The number of carbonyl (C=O) groups excluding carboxylic acids is 2. The summed E-state index contributed by atoms with van der Waals surface area (Å²) in [4.78, 5) is 25.1.